The predicted molar refractivity (Wildman–Crippen MR) is 72.3 cm³/mol. The molecule has 0 atom stereocenters. The molecule has 0 aliphatic carbocycles. The maximum absolute atomic E-state index is 11.8. The number of ketones is 1. The van der Waals surface area contributed by atoms with Gasteiger partial charge in [-0.1, -0.05) is 15.9 Å². The van der Waals surface area contributed by atoms with E-state index in [1.165, 1.54) is 0 Å². The van der Waals surface area contributed by atoms with E-state index in [1.54, 1.807) is 0 Å². The Morgan fingerprint density at radius 1 is 1.53 bits per heavy atom. The van der Waals surface area contributed by atoms with E-state index >= 15 is 0 Å². The van der Waals surface area contributed by atoms with E-state index in [0.29, 0.717) is 5.56 Å². The quantitative estimate of drug-likeness (QED) is 0.586. The minimum absolute atomic E-state index is 0.0226. The number of carbonyl (C=O) groups is 1. The molecule has 0 fully saturated rings. The summed E-state index contributed by atoms with van der Waals surface area (Å²) in [6, 6.07) is 5.66. The lowest BCUT2D eigenvalue weighted by atomic mass is 10.1. The molecule has 0 aromatic heterocycles. The molecule has 0 radical (unpaired) electrons. The van der Waals surface area contributed by atoms with Crippen molar-refractivity contribution in [3.63, 3.8) is 0 Å². The van der Waals surface area contributed by atoms with Gasteiger partial charge in [0.1, 0.15) is 6.61 Å². The zero-order valence-corrected chi connectivity index (χ0v) is 12.3. The van der Waals surface area contributed by atoms with Crippen LogP contribution < -0.4 is 0 Å². The number of hydrogen-bond donors (Lipinski definition) is 0. The smallest absolute Gasteiger partial charge is 0.189 e. The number of hydrogen-bond acceptors (Lipinski definition) is 2. The first-order valence-electron chi connectivity index (χ1n) is 4.60. The van der Waals surface area contributed by atoms with Crippen molar-refractivity contribution in [1.29, 1.82) is 0 Å². The van der Waals surface area contributed by atoms with Crippen LogP contribution in [0.5, 0.6) is 0 Å². The topological polar surface area (TPSA) is 26.3 Å². The number of rotatable bonds is 4. The van der Waals surface area contributed by atoms with Crippen molar-refractivity contribution in [2.75, 3.05) is 6.61 Å². The first kappa shape index (κ1) is 13.1. The molecule has 0 spiro atoms. The van der Waals surface area contributed by atoms with Gasteiger partial charge in [-0.25, -0.2) is 0 Å². The number of halogens is 2. The molecule has 0 amide bonds. The van der Waals surface area contributed by atoms with Crippen molar-refractivity contribution in [1.82, 2.24) is 0 Å². The Kier molecular flexibility index (Phi) is 5.22. The third kappa shape index (κ3) is 4.20. The Morgan fingerprint density at radius 2 is 2.20 bits per heavy atom. The minimum atomic E-state index is 0.0226. The van der Waals surface area contributed by atoms with Gasteiger partial charge >= 0.3 is 0 Å². The summed E-state index contributed by atoms with van der Waals surface area (Å²) in [7, 11) is 0. The van der Waals surface area contributed by atoms with Gasteiger partial charge in [-0.3, -0.25) is 4.79 Å². The molecule has 1 aromatic rings. The standard InChI is InChI=1S/C11H12BrIO2/c1-7(2)15-6-11(14)9-5-8(12)3-4-10(9)13/h3-5,7H,6H2,1-2H3. The lowest BCUT2D eigenvalue weighted by molar-refractivity contribution is 0.0584. The van der Waals surface area contributed by atoms with Gasteiger partial charge in [-0.05, 0) is 54.6 Å². The molecule has 1 aromatic carbocycles. The minimum Gasteiger partial charge on any atom is -0.371 e. The van der Waals surface area contributed by atoms with E-state index in [0.717, 1.165) is 8.04 Å². The van der Waals surface area contributed by atoms with Crippen molar-refractivity contribution in [2.24, 2.45) is 0 Å². The molecule has 82 valence electrons. The average Bonchev–Trinajstić information content (AvgIpc) is 2.18. The second-order valence-electron chi connectivity index (χ2n) is 3.41. The van der Waals surface area contributed by atoms with E-state index in [1.807, 2.05) is 32.0 Å². The lowest BCUT2D eigenvalue weighted by Crippen LogP contribution is -2.14. The predicted octanol–water partition coefficient (Wildman–Crippen LogP) is 3.66. The number of Topliss-reactive ketones (excluding diaryl/α,β-unsaturated/α-hetero) is 1. The van der Waals surface area contributed by atoms with Gasteiger partial charge in [0.15, 0.2) is 5.78 Å². The number of benzene rings is 1. The Hall–Kier alpha value is 0.0600. The summed E-state index contributed by atoms with van der Waals surface area (Å²) >= 11 is 5.50. The highest BCUT2D eigenvalue weighted by atomic mass is 127. The Labute approximate surface area is 112 Å². The van der Waals surface area contributed by atoms with Gasteiger partial charge in [-0.2, -0.15) is 0 Å². The van der Waals surface area contributed by atoms with Crippen molar-refractivity contribution >= 4 is 44.3 Å². The molecule has 0 heterocycles. The lowest BCUT2D eigenvalue weighted by Gasteiger charge is -2.08. The monoisotopic (exact) mass is 382 g/mol. The summed E-state index contributed by atoms with van der Waals surface area (Å²) in [4.78, 5) is 11.8. The van der Waals surface area contributed by atoms with Crippen molar-refractivity contribution < 1.29 is 9.53 Å². The van der Waals surface area contributed by atoms with Gasteiger partial charge in [0.2, 0.25) is 0 Å². The summed E-state index contributed by atoms with van der Waals surface area (Å²) in [6.07, 6.45) is 0.0822. The van der Waals surface area contributed by atoms with Crippen LogP contribution in [0.4, 0.5) is 0 Å². The third-order valence-corrected chi connectivity index (χ3v) is 3.21. The normalized spacial score (nSPS) is 10.7. The van der Waals surface area contributed by atoms with Crippen LogP contribution in [0.25, 0.3) is 0 Å². The summed E-state index contributed by atoms with van der Waals surface area (Å²) < 4.78 is 7.15. The molecule has 1 rings (SSSR count). The fourth-order valence-corrected chi connectivity index (χ4v) is 2.03. The van der Waals surface area contributed by atoms with Crippen LogP contribution in [0.2, 0.25) is 0 Å². The van der Waals surface area contributed by atoms with E-state index in [-0.39, 0.29) is 18.5 Å². The van der Waals surface area contributed by atoms with Crippen molar-refractivity contribution in [3.8, 4) is 0 Å². The fourth-order valence-electron chi connectivity index (χ4n) is 1.03. The molecule has 0 aliphatic heterocycles. The van der Waals surface area contributed by atoms with Gasteiger partial charge in [0, 0.05) is 13.6 Å². The molecule has 0 bridgehead atoms. The number of carbonyl (C=O) groups excluding carboxylic acids is 1. The van der Waals surface area contributed by atoms with Crippen LogP contribution >= 0.6 is 38.5 Å². The average molecular weight is 383 g/mol. The first-order chi connectivity index (χ1) is 7.00. The highest BCUT2D eigenvalue weighted by Gasteiger charge is 2.11. The second-order valence-corrected chi connectivity index (χ2v) is 5.48. The maximum atomic E-state index is 11.8. The van der Waals surface area contributed by atoms with Gasteiger partial charge in [0.05, 0.1) is 6.10 Å². The molecule has 0 aliphatic rings. The van der Waals surface area contributed by atoms with E-state index in [2.05, 4.69) is 38.5 Å². The molecule has 15 heavy (non-hydrogen) atoms. The van der Waals surface area contributed by atoms with Crippen LogP contribution in [-0.2, 0) is 4.74 Å². The van der Waals surface area contributed by atoms with Gasteiger partial charge in [0.25, 0.3) is 0 Å². The highest BCUT2D eigenvalue weighted by Crippen LogP contribution is 2.19. The van der Waals surface area contributed by atoms with Crippen LogP contribution in [-0.4, -0.2) is 18.5 Å². The van der Waals surface area contributed by atoms with Crippen LogP contribution in [0, 0.1) is 3.57 Å². The molecular formula is C11H12BrIO2. The van der Waals surface area contributed by atoms with E-state index in [4.69, 9.17) is 4.74 Å². The Morgan fingerprint density at radius 3 is 2.80 bits per heavy atom. The van der Waals surface area contributed by atoms with Crippen LogP contribution in [0.3, 0.4) is 0 Å². The van der Waals surface area contributed by atoms with Crippen LogP contribution in [0.1, 0.15) is 24.2 Å². The zero-order valence-electron chi connectivity index (χ0n) is 8.59. The summed E-state index contributed by atoms with van der Waals surface area (Å²) in [5.74, 6) is 0.0226. The molecule has 4 heteroatoms. The summed E-state index contributed by atoms with van der Waals surface area (Å²) in [5, 5.41) is 0. The van der Waals surface area contributed by atoms with E-state index < -0.39 is 0 Å². The van der Waals surface area contributed by atoms with Gasteiger partial charge < -0.3 is 4.74 Å². The summed E-state index contributed by atoms with van der Waals surface area (Å²) in [6.45, 7) is 3.97. The molecule has 0 unspecified atom stereocenters. The third-order valence-electron chi connectivity index (χ3n) is 1.78. The van der Waals surface area contributed by atoms with Gasteiger partial charge in [-0.15, -0.1) is 0 Å². The molecule has 2 nitrogen and oxygen atoms in total. The Bertz CT molecular complexity index is 364. The number of ether oxygens (including phenoxy) is 1. The molecule has 0 saturated heterocycles. The Balaban J connectivity index is 2.77. The molecule has 0 saturated carbocycles. The molecule has 0 N–H and O–H groups in total. The van der Waals surface area contributed by atoms with E-state index in [9.17, 15) is 4.79 Å². The SMILES string of the molecule is CC(C)OCC(=O)c1cc(Br)ccc1I. The summed E-state index contributed by atoms with van der Waals surface area (Å²) in [5.41, 5.74) is 0.714. The largest absolute Gasteiger partial charge is 0.371 e. The van der Waals surface area contributed by atoms with Crippen molar-refractivity contribution in [2.45, 2.75) is 20.0 Å². The molecular weight excluding hydrogens is 371 g/mol. The fraction of sp³-hybridized carbons (Fsp3) is 0.364. The maximum Gasteiger partial charge on any atom is 0.189 e. The highest BCUT2D eigenvalue weighted by molar-refractivity contribution is 14.1. The first-order valence-corrected chi connectivity index (χ1v) is 6.47. The zero-order chi connectivity index (χ0) is 11.4. The van der Waals surface area contributed by atoms with Crippen molar-refractivity contribution in [3.05, 3.63) is 31.8 Å². The van der Waals surface area contributed by atoms with Crippen LogP contribution in [0.15, 0.2) is 22.7 Å². The second kappa shape index (κ2) is 5.96.